The van der Waals surface area contributed by atoms with Gasteiger partial charge in [-0.2, -0.15) is 5.10 Å². The lowest BCUT2D eigenvalue weighted by atomic mass is 10.2. The Balaban J connectivity index is 1.59. The molecule has 3 rings (SSSR count). The molecule has 0 bridgehead atoms. The van der Waals surface area contributed by atoms with Crippen LogP contribution in [-0.2, 0) is 22.3 Å². The normalized spacial score (nSPS) is 11.8. The number of hydrogen-bond donors (Lipinski definition) is 1. The Kier molecular flexibility index (Phi) is 5.36. The zero-order valence-corrected chi connectivity index (χ0v) is 15.9. The Hall–Kier alpha value is -1.96. The van der Waals surface area contributed by atoms with E-state index in [-0.39, 0.29) is 5.75 Å². The van der Waals surface area contributed by atoms with Crippen molar-refractivity contribution in [3.63, 3.8) is 0 Å². The van der Waals surface area contributed by atoms with Crippen molar-refractivity contribution in [1.82, 2.24) is 14.5 Å². The number of aromatic nitrogens is 2. The fraction of sp³-hybridized carbons (Fsp3) is 0.278. The number of benzene rings is 1. The molecular formula is C18H21N3O2S2. The van der Waals surface area contributed by atoms with Crippen LogP contribution in [0.15, 0.2) is 47.8 Å². The Bertz CT molecular complexity index is 945. The first-order chi connectivity index (χ1) is 11.9. The molecule has 1 aromatic carbocycles. The maximum atomic E-state index is 12.2. The number of hydrogen-bond acceptors (Lipinski definition) is 4. The Labute approximate surface area is 152 Å². The zero-order chi connectivity index (χ0) is 17.9. The van der Waals surface area contributed by atoms with Gasteiger partial charge in [0.05, 0.1) is 17.2 Å². The minimum absolute atomic E-state index is 0.00673. The molecule has 25 heavy (non-hydrogen) atoms. The zero-order valence-electron chi connectivity index (χ0n) is 14.3. The van der Waals surface area contributed by atoms with E-state index in [1.807, 2.05) is 66.4 Å². The molecule has 1 N–H and O–H groups in total. The summed E-state index contributed by atoms with van der Waals surface area (Å²) in [5, 5.41) is 6.58. The maximum Gasteiger partial charge on any atom is 0.215 e. The van der Waals surface area contributed by atoms with E-state index in [9.17, 15) is 8.42 Å². The highest BCUT2D eigenvalue weighted by Crippen LogP contribution is 2.23. The minimum Gasteiger partial charge on any atom is -0.268 e. The van der Waals surface area contributed by atoms with Crippen LogP contribution in [-0.4, -0.2) is 24.7 Å². The molecule has 2 heterocycles. The molecule has 0 amide bonds. The van der Waals surface area contributed by atoms with Gasteiger partial charge in [-0.15, -0.1) is 11.3 Å². The van der Waals surface area contributed by atoms with E-state index in [0.29, 0.717) is 13.1 Å². The molecule has 0 fully saturated rings. The first kappa shape index (κ1) is 17.8. The number of nitrogens with one attached hydrogen (secondary N) is 1. The second-order valence-corrected chi connectivity index (χ2v) is 8.77. The monoisotopic (exact) mass is 375 g/mol. The molecule has 0 atom stereocenters. The number of aryl methyl sites for hydroxylation is 2. The fourth-order valence-electron chi connectivity index (χ4n) is 2.66. The lowest BCUT2D eigenvalue weighted by Crippen LogP contribution is -2.29. The van der Waals surface area contributed by atoms with Gasteiger partial charge in [0.25, 0.3) is 0 Å². The third-order valence-corrected chi connectivity index (χ3v) is 6.09. The van der Waals surface area contributed by atoms with Gasteiger partial charge in [-0.1, -0.05) is 35.9 Å². The molecule has 0 aliphatic rings. The highest BCUT2D eigenvalue weighted by Gasteiger charge is 2.12. The molecule has 2 aromatic heterocycles. The lowest BCUT2D eigenvalue weighted by Gasteiger charge is -2.08. The summed E-state index contributed by atoms with van der Waals surface area (Å²) in [5.74, 6) is -0.00673. The average Bonchev–Trinajstić information content (AvgIpc) is 3.17. The molecule has 5 nitrogen and oxygen atoms in total. The second kappa shape index (κ2) is 7.51. The standard InChI is InChI=1S/C18H21N3O2S2/c1-14-5-3-6-16(11-14)13-25(22,23)19-8-9-21-15(2)12-17(20-21)18-7-4-10-24-18/h3-7,10-12,19H,8-9,13H2,1-2H3. The molecule has 3 aromatic rings. The van der Waals surface area contributed by atoms with Crippen LogP contribution in [0.3, 0.4) is 0 Å². The van der Waals surface area contributed by atoms with Crippen LogP contribution in [0, 0.1) is 13.8 Å². The van der Waals surface area contributed by atoms with E-state index in [1.54, 1.807) is 11.3 Å². The number of sulfonamides is 1. The fourth-order valence-corrected chi connectivity index (χ4v) is 4.46. The average molecular weight is 376 g/mol. The van der Waals surface area contributed by atoms with E-state index in [0.717, 1.165) is 27.4 Å². The summed E-state index contributed by atoms with van der Waals surface area (Å²) in [6, 6.07) is 13.6. The topological polar surface area (TPSA) is 64.0 Å². The van der Waals surface area contributed by atoms with E-state index >= 15 is 0 Å². The molecule has 0 unspecified atom stereocenters. The van der Waals surface area contributed by atoms with Crippen molar-refractivity contribution in [2.75, 3.05) is 6.54 Å². The molecule has 7 heteroatoms. The lowest BCUT2D eigenvalue weighted by molar-refractivity contribution is 0.556. The van der Waals surface area contributed by atoms with E-state index in [2.05, 4.69) is 9.82 Å². The number of rotatable bonds is 7. The predicted molar refractivity (Wildman–Crippen MR) is 102 cm³/mol. The first-order valence-electron chi connectivity index (χ1n) is 8.04. The van der Waals surface area contributed by atoms with Crippen LogP contribution in [0.25, 0.3) is 10.6 Å². The number of nitrogens with zero attached hydrogens (tertiary/aromatic N) is 2. The molecule has 0 radical (unpaired) electrons. The van der Waals surface area contributed by atoms with Gasteiger partial charge in [-0.05, 0) is 36.9 Å². The van der Waals surface area contributed by atoms with E-state index in [4.69, 9.17) is 0 Å². The Morgan fingerprint density at radius 1 is 1.16 bits per heavy atom. The van der Waals surface area contributed by atoms with Gasteiger partial charge in [0.2, 0.25) is 10.0 Å². The quantitative estimate of drug-likeness (QED) is 0.689. The van der Waals surface area contributed by atoms with Crippen molar-refractivity contribution in [2.24, 2.45) is 0 Å². The van der Waals surface area contributed by atoms with Gasteiger partial charge in [0.15, 0.2) is 0 Å². The molecule has 132 valence electrons. The third kappa shape index (κ3) is 4.78. The predicted octanol–water partition coefficient (Wildman–Crippen LogP) is 3.35. The molecule has 0 spiro atoms. The van der Waals surface area contributed by atoms with Gasteiger partial charge in [0, 0.05) is 12.2 Å². The van der Waals surface area contributed by atoms with Gasteiger partial charge >= 0.3 is 0 Å². The van der Waals surface area contributed by atoms with Gasteiger partial charge in [0.1, 0.15) is 5.69 Å². The van der Waals surface area contributed by atoms with Crippen LogP contribution in [0.5, 0.6) is 0 Å². The molecule has 0 saturated carbocycles. The van der Waals surface area contributed by atoms with Crippen LogP contribution in [0.1, 0.15) is 16.8 Å². The van der Waals surface area contributed by atoms with Gasteiger partial charge in [-0.25, -0.2) is 13.1 Å². The first-order valence-corrected chi connectivity index (χ1v) is 10.6. The SMILES string of the molecule is Cc1cccc(CS(=O)(=O)NCCn2nc(-c3cccs3)cc2C)c1. The summed E-state index contributed by atoms with van der Waals surface area (Å²) in [5.41, 5.74) is 3.79. The van der Waals surface area contributed by atoms with Crippen LogP contribution < -0.4 is 4.72 Å². The van der Waals surface area contributed by atoms with Crippen molar-refractivity contribution in [2.45, 2.75) is 26.1 Å². The van der Waals surface area contributed by atoms with E-state index < -0.39 is 10.0 Å². The van der Waals surface area contributed by atoms with E-state index in [1.165, 1.54) is 0 Å². The second-order valence-electron chi connectivity index (χ2n) is 6.01. The summed E-state index contributed by atoms with van der Waals surface area (Å²) >= 11 is 1.64. The van der Waals surface area contributed by atoms with Crippen molar-refractivity contribution in [3.05, 3.63) is 64.7 Å². The maximum absolute atomic E-state index is 12.2. The summed E-state index contributed by atoms with van der Waals surface area (Å²) in [6.45, 7) is 4.76. The summed E-state index contributed by atoms with van der Waals surface area (Å²) in [4.78, 5) is 1.11. The molecular weight excluding hydrogens is 354 g/mol. The Morgan fingerprint density at radius 3 is 2.72 bits per heavy atom. The van der Waals surface area contributed by atoms with Crippen molar-refractivity contribution in [1.29, 1.82) is 0 Å². The van der Waals surface area contributed by atoms with Crippen molar-refractivity contribution < 1.29 is 8.42 Å². The highest BCUT2D eigenvalue weighted by molar-refractivity contribution is 7.88. The smallest absolute Gasteiger partial charge is 0.215 e. The highest BCUT2D eigenvalue weighted by atomic mass is 32.2. The summed E-state index contributed by atoms with van der Waals surface area (Å²) < 4.78 is 29.0. The van der Waals surface area contributed by atoms with Crippen molar-refractivity contribution in [3.8, 4) is 10.6 Å². The largest absolute Gasteiger partial charge is 0.268 e. The van der Waals surface area contributed by atoms with Crippen molar-refractivity contribution >= 4 is 21.4 Å². The molecule has 0 saturated heterocycles. The third-order valence-electron chi connectivity index (χ3n) is 3.84. The molecule has 0 aliphatic carbocycles. The van der Waals surface area contributed by atoms with Crippen LogP contribution >= 0.6 is 11.3 Å². The number of thiophene rings is 1. The van der Waals surface area contributed by atoms with Gasteiger partial charge < -0.3 is 0 Å². The summed E-state index contributed by atoms with van der Waals surface area (Å²) in [6.07, 6.45) is 0. The van der Waals surface area contributed by atoms with Gasteiger partial charge in [-0.3, -0.25) is 4.68 Å². The Morgan fingerprint density at radius 2 is 2.00 bits per heavy atom. The minimum atomic E-state index is -3.36. The van der Waals surface area contributed by atoms with Crippen LogP contribution in [0.4, 0.5) is 0 Å². The molecule has 0 aliphatic heterocycles. The summed E-state index contributed by atoms with van der Waals surface area (Å²) in [7, 11) is -3.36. The van der Waals surface area contributed by atoms with Crippen LogP contribution in [0.2, 0.25) is 0 Å².